The topological polar surface area (TPSA) is 99.8 Å². The predicted octanol–water partition coefficient (Wildman–Crippen LogP) is 4.73. The molecule has 2 amide bonds. The van der Waals surface area contributed by atoms with Gasteiger partial charge in [-0.15, -0.1) is 0 Å². The van der Waals surface area contributed by atoms with Crippen LogP contribution in [0, 0.1) is 25.2 Å². The summed E-state index contributed by atoms with van der Waals surface area (Å²) in [7, 11) is 1.74. The van der Waals surface area contributed by atoms with Crippen molar-refractivity contribution in [2.75, 3.05) is 10.6 Å². The first-order chi connectivity index (χ1) is 15.4. The van der Waals surface area contributed by atoms with E-state index in [0.717, 1.165) is 27.7 Å². The summed E-state index contributed by atoms with van der Waals surface area (Å²) in [5, 5.41) is 15.4. The number of urea groups is 1. The van der Waals surface area contributed by atoms with Crippen molar-refractivity contribution in [2.24, 2.45) is 7.05 Å². The Balaban J connectivity index is 1.67. The van der Waals surface area contributed by atoms with Gasteiger partial charge in [-0.1, -0.05) is 12.1 Å². The van der Waals surface area contributed by atoms with Crippen molar-refractivity contribution in [3.8, 4) is 17.2 Å². The average Bonchev–Trinajstić information content (AvgIpc) is 2.78. The summed E-state index contributed by atoms with van der Waals surface area (Å²) in [6, 6.07) is 17.4. The van der Waals surface area contributed by atoms with Gasteiger partial charge in [-0.3, -0.25) is 9.78 Å². The number of hydrogen-bond donors (Lipinski definition) is 2. The first-order valence-corrected chi connectivity index (χ1v) is 10.0. The largest absolute Gasteiger partial charge is 0.323 e. The highest BCUT2D eigenvalue weighted by molar-refractivity contribution is 6.00. The Kier molecular flexibility index (Phi) is 5.44. The van der Waals surface area contributed by atoms with Gasteiger partial charge in [0.05, 0.1) is 17.1 Å². The molecule has 0 atom stereocenters. The van der Waals surface area contributed by atoms with Gasteiger partial charge >= 0.3 is 6.03 Å². The molecular weight excluding hydrogens is 402 g/mol. The van der Waals surface area contributed by atoms with Crippen LogP contribution in [0.25, 0.3) is 22.0 Å². The summed E-state index contributed by atoms with van der Waals surface area (Å²) in [6.07, 6.45) is 1.76. The maximum atomic E-state index is 13.1. The highest BCUT2D eigenvalue weighted by atomic mass is 16.2. The van der Waals surface area contributed by atoms with Crippen LogP contribution in [0.2, 0.25) is 0 Å². The SMILES string of the molecule is Cc1cc2c(cn1)cc(-c1cc(NC(=O)Nc3cccc(C#N)c3)ccc1C)c(=O)n2C. The molecule has 4 rings (SSSR count). The standard InChI is InChI=1S/C25H21N5O2/c1-15-7-8-20(29-25(32)28-19-6-4-5-17(10-19)13-26)12-21(15)22-11-18-14-27-16(2)9-23(18)30(3)24(22)31/h4-12,14H,1-3H3,(H2,28,29,32). The molecule has 7 nitrogen and oxygen atoms in total. The molecule has 0 aliphatic carbocycles. The second-order valence-electron chi connectivity index (χ2n) is 7.61. The van der Waals surface area contributed by atoms with Gasteiger partial charge in [0.1, 0.15) is 0 Å². The van der Waals surface area contributed by atoms with Crippen molar-refractivity contribution in [2.45, 2.75) is 13.8 Å². The van der Waals surface area contributed by atoms with E-state index in [1.807, 2.05) is 38.1 Å². The number of rotatable bonds is 3. The number of aryl methyl sites for hydroxylation is 3. The molecule has 2 aromatic heterocycles. The monoisotopic (exact) mass is 423 g/mol. The fourth-order valence-corrected chi connectivity index (χ4v) is 3.61. The normalized spacial score (nSPS) is 10.6. The Morgan fingerprint density at radius 2 is 1.75 bits per heavy atom. The molecule has 0 radical (unpaired) electrons. The number of hydrogen-bond acceptors (Lipinski definition) is 4. The van der Waals surface area contributed by atoms with Crippen LogP contribution in [0.15, 0.2) is 65.6 Å². The van der Waals surface area contributed by atoms with Gasteiger partial charge in [0.25, 0.3) is 5.56 Å². The molecule has 0 aliphatic rings. The number of nitrogens with one attached hydrogen (secondary N) is 2. The van der Waals surface area contributed by atoms with Crippen LogP contribution in [-0.2, 0) is 7.05 Å². The van der Waals surface area contributed by atoms with E-state index >= 15 is 0 Å². The van der Waals surface area contributed by atoms with Crippen molar-refractivity contribution < 1.29 is 4.79 Å². The van der Waals surface area contributed by atoms with E-state index < -0.39 is 6.03 Å². The van der Waals surface area contributed by atoms with Crippen molar-refractivity contribution >= 4 is 28.3 Å². The molecule has 0 bridgehead atoms. The minimum atomic E-state index is -0.444. The number of carbonyl (C=O) groups is 1. The summed E-state index contributed by atoms with van der Waals surface area (Å²) in [4.78, 5) is 29.9. The second kappa shape index (κ2) is 8.36. The molecule has 4 aromatic rings. The molecule has 2 aromatic carbocycles. The number of anilines is 2. The van der Waals surface area contributed by atoms with E-state index in [1.165, 1.54) is 0 Å². The molecule has 0 saturated heterocycles. The van der Waals surface area contributed by atoms with Gasteiger partial charge < -0.3 is 15.2 Å². The lowest BCUT2D eigenvalue weighted by Crippen LogP contribution is -2.20. The zero-order chi connectivity index (χ0) is 22.8. The summed E-state index contributed by atoms with van der Waals surface area (Å²) in [5.74, 6) is 0. The number of aromatic nitrogens is 2. The maximum absolute atomic E-state index is 13.1. The van der Waals surface area contributed by atoms with Crippen LogP contribution in [0.3, 0.4) is 0 Å². The third-order valence-corrected chi connectivity index (χ3v) is 5.28. The molecule has 7 heteroatoms. The van der Waals surface area contributed by atoms with Crippen LogP contribution in [-0.4, -0.2) is 15.6 Å². The smallest absolute Gasteiger partial charge is 0.311 e. The van der Waals surface area contributed by atoms with E-state index in [-0.39, 0.29) is 5.56 Å². The minimum absolute atomic E-state index is 0.124. The minimum Gasteiger partial charge on any atom is -0.311 e. The van der Waals surface area contributed by atoms with Crippen LogP contribution < -0.4 is 16.2 Å². The Labute approximate surface area is 185 Å². The van der Waals surface area contributed by atoms with Crippen LogP contribution in [0.5, 0.6) is 0 Å². The fourth-order valence-electron chi connectivity index (χ4n) is 3.61. The Hall–Kier alpha value is -4.44. The van der Waals surface area contributed by atoms with Crippen molar-refractivity contribution in [1.82, 2.24) is 9.55 Å². The molecule has 0 spiro atoms. The van der Waals surface area contributed by atoms with Crippen LogP contribution in [0.4, 0.5) is 16.2 Å². The third kappa shape index (κ3) is 4.07. The van der Waals surface area contributed by atoms with Crippen molar-refractivity contribution in [3.63, 3.8) is 0 Å². The number of amides is 2. The molecule has 0 unspecified atom stereocenters. The Morgan fingerprint density at radius 1 is 1.00 bits per heavy atom. The van der Waals surface area contributed by atoms with Gasteiger partial charge in [0, 0.05) is 41.3 Å². The predicted molar refractivity (Wildman–Crippen MR) is 126 cm³/mol. The van der Waals surface area contributed by atoms with Gasteiger partial charge in [-0.2, -0.15) is 5.26 Å². The summed E-state index contributed by atoms with van der Waals surface area (Å²) in [5.41, 5.74) is 5.23. The molecule has 2 N–H and O–H groups in total. The molecular formula is C25H21N5O2. The zero-order valence-electron chi connectivity index (χ0n) is 17.9. The first kappa shape index (κ1) is 20.8. The van der Waals surface area contributed by atoms with E-state index in [1.54, 1.807) is 54.2 Å². The van der Waals surface area contributed by atoms with Gasteiger partial charge in [-0.05, 0) is 67.4 Å². The number of fused-ring (bicyclic) bond motifs is 1. The Bertz CT molecular complexity index is 1460. The number of pyridine rings is 2. The quantitative estimate of drug-likeness (QED) is 0.497. The maximum Gasteiger partial charge on any atom is 0.323 e. The summed E-state index contributed by atoms with van der Waals surface area (Å²) in [6.45, 7) is 3.81. The molecule has 0 fully saturated rings. The Morgan fingerprint density at radius 3 is 2.50 bits per heavy atom. The van der Waals surface area contributed by atoms with E-state index in [4.69, 9.17) is 5.26 Å². The third-order valence-electron chi connectivity index (χ3n) is 5.28. The first-order valence-electron chi connectivity index (χ1n) is 10.0. The highest BCUT2D eigenvalue weighted by Gasteiger charge is 2.13. The van der Waals surface area contributed by atoms with E-state index in [0.29, 0.717) is 22.5 Å². The van der Waals surface area contributed by atoms with Gasteiger partial charge in [0.2, 0.25) is 0 Å². The molecule has 32 heavy (non-hydrogen) atoms. The van der Waals surface area contributed by atoms with Crippen LogP contribution in [0.1, 0.15) is 16.8 Å². The van der Waals surface area contributed by atoms with E-state index in [2.05, 4.69) is 15.6 Å². The fraction of sp³-hybridized carbons (Fsp3) is 0.120. The lowest BCUT2D eigenvalue weighted by atomic mass is 9.99. The van der Waals surface area contributed by atoms with Crippen molar-refractivity contribution in [1.29, 1.82) is 5.26 Å². The summed E-state index contributed by atoms with van der Waals surface area (Å²) >= 11 is 0. The molecule has 2 heterocycles. The van der Waals surface area contributed by atoms with Gasteiger partial charge in [0.15, 0.2) is 0 Å². The second-order valence-corrected chi connectivity index (χ2v) is 7.61. The number of carbonyl (C=O) groups excluding carboxylic acids is 1. The number of benzene rings is 2. The lowest BCUT2D eigenvalue weighted by Gasteiger charge is -2.13. The number of nitriles is 1. The van der Waals surface area contributed by atoms with Gasteiger partial charge in [-0.25, -0.2) is 4.79 Å². The lowest BCUT2D eigenvalue weighted by molar-refractivity contribution is 0.262. The highest BCUT2D eigenvalue weighted by Crippen LogP contribution is 2.27. The van der Waals surface area contributed by atoms with Crippen LogP contribution >= 0.6 is 0 Å². The number of nitrogens with zero attached hydrogens (tertiary/aromatic N) is 3. The molecule has 158 valence electrons. The van der Waals surface area contributed by atoms with E-state index in [9.17, 15) is 9.59 Å². The summed E-state index contributed by atoms with van der Waals surface area (Å²) < 4.78 is 1.62. The molecule has 0 aliphatic heterocycles. The average molecular weight is 423 g/mol. The zero-order valence-corrected chi connectivity index (χ0v) is 17.9. The van der Waals surface area contributed by atoms with Crippen molar-refractivity contribution in [3.05, 3.63) is 88.0 Å². The molecule has 0 saturated carbocycles.